The van der Waals surface area contributed by atoms with E-state index in [1.165, 1.54) is 12.1 Å². The third-order valence-corrected chi connectivity index (χ3v) is 5.93. The fourth-order valence-electron chi connectivity index (χ4n) is 4.22. The highest BCUT2D eigenvalue weighted by Gasteiger charge is 2.53. The lowest BCUT2D eigenvalue weighted by Crippen LogP contribution is -2.72. The van der Waals surface area contributed by atoms with Crippen LogP contribution in [0.5, 0.6) is 0 Å². The van der Waals surface area contributed by atoms with Crippen LogP contribution in [0, 0.1) is 5.82 Å². The number of piperazine rings is 1. The molecule has 0 saturated carbocycles. The van der Waals surface area contributed by atoms with E-state index in [1.54, 1.807) is 12.1 Å². The summed E-state index contributed by atoms with van der Waals surface area (Å²) in [7, 11) is 0. The van der Waals surface area contributed by atoms with Gasteiger partial charge in [-0.3, -0.25) is 9.69 Å². The predicted molar refractivity (Wildman–Crippen MR) is 100 cm³/mol. The van der Waals surface area contributed by atoms with Gasteiger partial charge in [0.25, 0.3) is 0 Å². The van der Waals surface area contributed by atoms with Crippen LogP contribution in [-0.4, -0.2) is 52.6 Å². The molecule has 2 heterocycles. The minimum Gasteiger partial charge on any atom is -0.394 e. The first-order chi connectivity index (χ1) is 12.6. The SMILES string of the molecule is O=C1CN(Cc2ccc(F)cc2)C[C@@H]2[C@H](c3ccc(Br)cc3)[C@H](CO)N12. The zero-order valence-electron chi connectivity index (χ0n) is 14.2. The summed E-state index contributed by atoms with van der Waals surface area (Å²) in [5.41, 5.74) is 2.14. The molecule has 136 valence electrons. The third kappa shape index (κ3) is 3.17. The molecule has 0 aliphatic carbocycles. The number of halogens is 2. The van der Waals surface area contributed by atoms with Gasteiger partial charge in [-0.05, 0) is 35.4 Å². The molecule has 26 heavy (non-hydrogen) atoms. The number of carbonyl (C=O) groups is 1. The van der Waals surface area contributed by atoms with Gasteiger partial charge in [0, 0.05) is 23.5 Å². The maximum Gasteiger partial charge on any atom is 0.237 e. The smallest absolute Gasteiger partial charge is 0.237 e. The first-order valence-corrected chi connectivity index (χ1v) is 9.50. The maximum atomic E-state index is 13.1. The zero-order valence-corrected chi connectivity index (χ0v) is 15.8. The van der Waals surface area contributed by atoms with Crippen LogP contribution in [-0.2, 0) is 11.3 Å². The summed E-state index contributed by atoms with van der Waals surface area (Å²) in [5, 5.41) is 9.80. The van der Waals surface area contributed by atoms with Crippen LogP contribution in [0.3, 0.4) is 0 Å². The number of amides is 1. The molecule has 3 atom stereocenters. The van der Waals surface area contributed by atoms with Crippen LogP contribution in [0.2, 0.25) is 0 Å². The van der Waals surface area contributed by atoms with Gasteiger partial charge in [-0.2, -0.15) is 0 Å². The molecule has 0 bridgehead atoms. The summed E-state index contributed by atoms with van der Waals surface area (Å²) in [6, 6.07) is 14.4. The van der Waals surface area contributed by atoms with Gasteiger partial charge in [0.05, 0.1) is 25.2 Å². The minimum absolute atomic E-state index is 0.0269. The molecule has 2 aliphatic rings. The number of benzene rings is 2. The van der Waals surface area contributed by atoms with Crippen molar-refractivity contribution < 1.29 is 14.3 Å². The van der Waals surface area contributed by atoms with E-state index in [0.29, 0.717) is 13.1 Å². The molecule has 0 unspecified atom stereocenters. The van der Waals surface area contributed by atoms with Gasteiger partial charge in [0.2, 0.25) is 5.91 Å². The summed E-state index contributed by atoms with van der Waals surface area (Å²) in [4.78, 5) is 16.6. The van der Waals surface area contributed by atoms with Gasteiger partial charge in [-0.25, -0.2) is 4.39 Å². The summed E-state index contributed by atoms with van der Waals surface area (Å²) >= 11 is 3.45. The molecule has 2 aromatic carbocycles. The third-order valence-electron chi connectivity index (χ3n) is 5.40. The van der Waals surface area contributed by atoms with Gasteiger partial charge in [-0.1, -0.05) is 40.2 Å². The number of hydrogen-bond acceptors (Lipinski definition) is 3. The second-order valence-electron chi connectivity index (χ2n) is 6.99. The summed E-state index contributed by atoms with van der Waals surface area (Å²) in [6.07, 6.45) is 0. The Morgan fingerprint density at radius 2 is 1.81 bits per heavy atom. The van der Waals surface area contributed by atoms with E-state index in [0.717, 1.165) is 22.1 Å². The lowest BCUT2D eigenvalue weighted by Gasteiger charge is -2.59. The number of aliphatic hydroxyl groups excluding tert-OH is 1. The first kappa shape index (κ1) is 17.6. The van der Waals surface area contributed by atoms with Gasteiger partial charge in [0.1, 0.15) is 5.82 Å². The van der Waals surface area contributed by atoms with Gasteiger partial charge in [0.15, 0.2) is 0 Å². The standard InChI is InChI=1S/C20H20BrFN2O2/c21-15-5-3-14(4-6-15)20-17-10-23(9-13-1-7-16(22)8-2-13)11-19(26)24(17)18(20)12-25/h1-8,17-18,20,25H,9-12H2/t17-,18+,20+/m1/s1. The highest BCUT2D eigenvalue weighted by atomic mass is 79.9. The number of aliphatic hydroxyl groups is 1. The van der Waals surface area contributed by atoms with Gasteiger partial charge in [-0.15, -0.1) is 0 Å². The van der Waals surface area contributed by atoms with E-state index in [-0.39, 0.29) is 36.3 Å². The lowest BCUT2D eigenvalue weighted by atomic mass is 9.74. The van der Waals surface area contributed by atoms with Crippen molar-refractivity contribution in [2.75, 3.05) is 19.7 Å². The molecule has 0 spiro atoms. The normalized spacial score (nSPS) is 25.7. The van der Waals surface area contributed by atoms with Crippen LogP contribution in [0.4, 0.5) is 4.39 Å². The van der Waals surface area contributed by atoms with E-state index in [2.05, 4.69) is 33.0 Å². The van der Waals surface area contributed by atoms with Crippen molar-refractivity contribution in [2.24, 2.45) is 0 Å². The van der Waals surface area contributed by atoms with E-state index >= 15 is 0 Å². The number of rotatable bonds is 4. The molecule has 2 aromatic rings. The van der Waals surface area contributed by atoms with Crippen molar-refractivity contribution in [3.63, 3.8) is 0 Å². The second kappa shape index (κ2) is 7.10. The van der Waals surface area contributed by atoms with Crippen molar-refractivity contribution in [1.29, 1.82) is 0 Å². The van der Waals surface area contributed by atoms with E-state index in [1.807, 2.05) is 17.0 Å². The number of carbonyl (C=O) groups excluding carboxylic acids is 1. The quantitative estimate of drug-likeness (QED) is 0.829. The van der Waals surface area contributed by atoms with Crippen LogP contribution >= 0.6 is 15.9 Å². The van der Waals surface area contributed by atoms with E-state index in [9.17, 15) is 14.3 Å². The van der Waals surface area contributed by atoms with Crippen molar-refractivity contribution in [1.82, 2.24) is 9.80 Å². The molecule has 0 aromatic heterocycles. The molecule has 1 amide bonds. The Morgan fingerprint density at radius 3 is 2.46 bits per heavy atom. The average Bonchev–Trinajstić information content (AvgIpc) is 2.61. The Bertz CT molecular complexity index is 796. The topological polar surface area (TPSA) is 43.8 Å². The van der Waals surface area contributed by atoms with Gasteiger partial charge < -0.3 is 10.0 Å². The number of nitrogens with zero attached hydrogens (tertiary/aromatic N) is 2. The Labute approximate surface area is 160 Å². The van der Waals surface area contributed by atoms with Crippen molar-refractivity contribution in [2.45, 2.75) is 24.5 Å². The van der Waals surface area contributed by atoms with E-state index in [4.69, 9.17) is 0 Å². The molecule has 2 aliphatic heterocycles. The molecule has 2 fully saturated rings. The fraction of sp³-hybridized carbons (Fsp3) is 0.350. The molecular formula is C20H20BrFN2O2. The average molecular weight is 419 g/mol. The van der Waals surface area contributed by atoms with Crippen molar-refractivity contribution in [3.8, 4) is 0 Å². The van der Waals surface area contributed by atoms with Crippen LogP contribution in [0.15, 0.2) is 53.0 Å². The fourth-order valence-corrected chi connectivity index (χ4v) is 4.48. The van der Waals surface area contributed by atoms with Crippen molar-refractivity contribution >= 4 is 21.8 Å². The summed E-state index contributed by atoms with van der Waals surface area (Å²) < 4.78 is 14.1. The maximum absolute atomic E-state index is 13.1. The van der Waals surface area contributed by atoms with E-state index < -0.39 is 0 Å². The molecule has 0 radical (unpaired) electrons. The van der Waals surface area contributed by atoms with Gasteiger partial charge >= 0.3 is 0 Å². The van der Waals surface area contributed by atoms with Crippen LogP contribution in [0.25, 0.3) is 0 Å². The van der Waals surface area contributed by atoms with Crippen molar-refractivity contribution in [3.05, 3.63) is 69.9 Å². The lowest BCUT2D eigenvalue weighted by molar-refractivity contribution is -0.162. The second-order valence-corrected chi connectivity index (χ2v) is 7.91. The summed E-state index contributed by atoms with van der Waals surface area (Å²) in [5.74, 6) is -0.0708. The Hall–Kier alpha value is -1.76. The monoisotopic (exact) mass is 418 g/mol. The minimum atomic E-state index is -0.255. The highest BCUT2D eigenvalue weighted by Crippen LogP contribution is 2.43. The first-order valence-electron chi connectivity index (χ1n) is 8.71. The Kier molecular flexibility index (Phi) is 4.82. The Balaban J connectivity index is 1.53. The number of hydrogen-bond donors (Lipinski definition) is 1. The largest absolute Gasteiger partial charge is 0.394 e. The van der Waals surface area contributed by atoms with Crippen LogP contribution < -0.4 is 0 Å². The molecule has 2 saturated heterocycles. The number of fused-ring (bicyclic) bond motifs is 1. The zero-order chi connectivity index (χ0) is 18.3. The predicted octanol–water partition coefficient (Wildman–Crippen LogP) is 2.76. The Morgan fingerprint density at radius 1 is 1.12 bits per heavy atom. The van der Waals surface area contributed by atoms with Crippen LogP contribution in [0.1, 0.15) is 17.0 Å². The summed E-state index contributed by atoms with van der Waals surface area (Å²) in [6.45, 7) is 1.67. The molecule has 6 heteroatoms. The molecular weight excluding hydrogens is 399 g/mol. The molecule has 4 nitrogen and oxygen atoms in total. The molecule has 4 rings (SSSR count). The highest BCUT2D eigenvalue weighted by molar-refractivity contribution is 9.10. The molecule has 1 N–H and O–H groups in total.